The Labute approximate surface area is 178 Å². The van der Waals surface area contributed by atoms with E-state index < -0.39 is 0 Å². The second kappa shape index (κ2) is 11.3. The van der Waals surface area contributed by atoms with Crippen LogP contribution in [-0.4, -0.2) is 27.0 Å². The summed E-state index contributed by atoms with van der Waals surface area (Å²) in [6.07, 6.45) is 7.38. The van der Waals surface area contributed by atoms with Crippen LogP contribution in [0.2, 0.25) is 0 Å². The molecule has 0 aliphatic carbocycles. The summed E-state index contributed by atoms with van der Waals surface area (Å²) in [5.41, 5.74) is 1.55. The van der Waals surface area contributed by atoms with Crippen molar-refractivity contribution in [2.45, 2.75) is 74.7 Å². The van der Waals surface area contributed by atoms with Gasteiger partial charge in [-0.1, -0.05) is 44.9 Å². The lowest BCUT2D eigenvalue weighted by atomic mass is 9.94. The molecule has 0 saturated carbocycles. The first-order chi connectivity index (χ1) is 13.8. The summed E-state index contributed by atoms with van der Waals surface area (Å²) < 4.78 is 6.77. The molecule has 8 nitrogen and oxygen atoms in total. The van der Waals surface area contributed by atoms with Gasteiger partial charge in [-0.15, -0.1) is 11.8 Å². The second-order valence-electron chi connectivity index (χ2n) is 7.64. The molecule has 0 bridgehead atoms. The zero-order valence-electron chi connectivity index (χ0n) is 17.0. The van der Waals surface area contributed by atoms with Crippen molar-refractivity contribution in [3.63, 3.8) is 0 Å². The topological polar surface area (TPSA) is 117 Å². The number of thiazole rings is 1. The molecule has 0 aliphatic rings. The summed E-state index contributed by atoms with van der Waals surface area (Å²) in [5, 5.41) is 11.8. The first kappa shape index (κ1) is 23.4. The van der Waals surface area contributed by atoms with Crippen molar-refractivity contribution in [2.24, 2.45) is 0 Å². The maximum Gasteiger partial charge on any atom is 0.243 e. The molecule has 0 fully saturated rings. The molecule has 0 spiro atoms. The van der Waals surface area contributed by atoms with Crippen molar-refractivity contribution in [1.29, 1.82) is 0 Å². The highest BCUT2D eigenvalue weighted by atomic mass is 32.2. The van der Waals surface area contributed by atoms with Crippen LogP contribution in [0.4, 0.5) is 5.13 Å². The minimum Gasteiger partial charge on any atom is -0.444 e. The number of hydrogen-bond acceptors (Lipinski definition) is 8. The van der Waals surface area contributed by atoms with Gasteiger partial charge in [-0.05, 0) is 12.8 Å². The predicted octanol–water partition coefficient (Wildman–Crippen LogP) is 4.51. The maximum atomic E-state index is 12.0. The largest absolute Gasteiger partial charge is 0.444 e. The van der Waals surface area contributed by atoms with E-state index in [0.29, 0.717) is 36.0 Å². The van der Waals surface area contributed by atoms with Gasteiger partial charge in [0, 0.05) is 18.3 Å². The monoisotopic (exact) mass is 440 g/mol. The van der Waals surface area contributed by atoms with Gasteiger partial charge >= 0.3 is 0 Å². The minimum absolute atomic E-state index is 0.0634. The Balaban J connectivity index is 1.65. The van der Waals surface area contributed by atoms with Crippen LogP contribution < -0.4 is 10.8 Å². The second-order valence-corrected chi connectivity index (χ2v) is 9.94. The van der Waals surface area contributed by atoms with Crippen molar-refractivity contribution in [3.8, 4) is 0 Å². The fourth-order valence-corrected chi connectivity index (χ4v) is 4.14. The number of thioether (sulfide) groups is 1. The number of aromatic nitrogens is 2. The molecule has 0 aromatic carbocycles. The molecule has 0 saturated heterocycles. The van der Waals surface area contributed by atoms with E-state index in [9.17, 15) is 9.59 Å². The van der Waals surface area contributed by atoms with Gasteiger partial charge in [0.05, 0.1) is 22.4 Å². The fraction of sp³-hybridized carbons (Fsp3) is 0.579. The molecule has 0 aliphatic heterocycles. The Hall–Kier alpha value is -1.91. The van der Waals surface area contributed by atoms with Crippen LogP contribution in [0.3, 0.4) is 0 Å². The first-order valence-electron chi connectivity index (χ1n) is 9.54. The van der Waals surface area contributed by atoms with Crippen LogP contribution in [0.5, 0.6) is 0 Å². The van der Waals surface area contributed by atoms with Crippen molar-refractivity contribution < 1.29 is 19.2 Å². The van der Waals surface area contributed by atoms with Crippen LogP contribution in [0.1, 0.15) is 70.9 Å². The molecule has 0 atom stereocenters. The van der Waals surface area contributed by atoms with Crippen molar-refractivity contribution in [3.05, 3.63) is 24.0 Å². The lowest BCUT2D eigenvalue weighted by molar-refractivity contribution is -0.129. The number of hydrogen-bond donors (Lipinski definition) is 3. The summed E-state index contributed by atoms with van der Waals surface area (Å²) in [5.74, 6) is 1.71. The van der Waals surface area contributed by atoms with E-state index in [-0.39, 0.29) is 17.2 Å². The van der Waals surface area contributed by atoms with E-state index in [4.69, 9.17) is 9.62 Å². The van der Waals surface area contributed by atoms with Gasteiger partial charge < -0.3 is 9.73 Å². The van der Waals surface area contributed by atoms with Crippen LogP contribution in [0.25, 0.3) is 0 Å². The number of nitrogens with one attached hydrogen (secondary N) is 2. The minimum atomic E-state index is -0.377. The van der Waals surface area contributed by atoms with Gasteiger partial charge in [0.15, 0.2) is 5.13 Å². The van der Waals surface area contributed by atoms with Crippen LogP contribution in [0, 0.1) is 0 Å². The van der Waals surface area contributed by atoms with Crippen LogP contribution in [0.15, 0.2) is 21.0 Å². The smallest absolute Gasteiger partial charge is 0.243 e. The number of carbonyl (C=O) groups excluding carboxylic acids is 2. The molecule has 10 heteroatoms. The number of hydroxylamine groups is 1. The Kier molecular flexibility index (Phi) is 9.12. The van der Waals surface area contributed by atoms with E-state index in [1.54, 1.807) is 29.6 Å². The standard InChI is InChI=1S/C19H28N4O4S2/c1-19(2,3)13-10-20-16(27-13)12-28-17-11-21-18(29-17)22-14(24)8-6-4-5-7-9-15(25)23-26/h10-11,26H,4-9,12H2,1-3H3,(H,23,25)(H,21,22,24). The Morgan fingerprint density at radius 3 is 2.41 bits per heavy atom. The van der Waals surface area contributed by atoms with E-state index in [1.807, 2.05) is 0 Å². The molecular formula is C19H28N4O4S2. The molecular weight excluding hydrogens is 412 g/mol. The summed E-state index contributed by atoms with van der Waals surface area (Å²) in [6, 6.07) is 0. The zero-order chi connectivity index (χ0) is 21.3. The third kappa shape index (κ3) is 8.55. The molecule has 160 valence electrons. The molecule has 2 aromatic rings. The Morgan fingerprint density at radius 1 is 1.10 bits per heavy atom. The number of unbranched alkanes of at least 4 members (excludes halogenated alkanes) is 3. The predicted molar refractivity (Wildman–Crippen MR) is 113 cm³/mol. The molecule has 0 radical (unpaired) electrons. The summed E-state index contributed by atoms with van der Waals surface area (Å²) >= 11 is 3.00. The third-order valence-electron chi connectivity index (χ3n) is 4.04. The van der Waals surface area contributed by atoms with Gasteiger partial charge in [0.1, 0.15) is 5.76 Å². The van der Waals surface area contributed by atoms with Crippen LogP contribution in [-0.2, 0) is 20.8 Å². The summed E-state index contributed by atoms with van der Waals surface area (Å²) in [6.45, 7) is 6.25. The number of anilines is 1. The first-order valence-corrected chi connectivity index (χ1v) is 11.3. The number of oxazole rings is 1. The quantitative estimate of drug-likeness (QED) is 0.204. The maximum absolute atomic E-state index is 12.0. The highest BCUT2D eigenvalue weighted by Gasteiger charge is 2.19. The molecule has 0 unspecified atom stereocenters. The highest BCUT2D eigenvalue weighted by molar-refractivity contribution is 8.00. The SMILES string of the molecule is CC(C)(C)c1cnc(CSc2cnc(NC(=O)CCCCCCC(=O)NO)s2)o1. The number of rotatable bonds is 11. The van der Waals surface area contributed by atoms with Gasteiger partial charge in [-0.25, -0.2) is 15.4 Å². The van der Waals surface area contributed by atoms with Crippen molar-refractivity contribution in [1.82, 2.24) is 15.4 Å². The zero-order valence-corrected chi connectivity index (χ0v) is 18.6. The molecule has 2 heterocycles. The molecule has 2 amide bonds. The van der Waals surface area contributed by atoms with Gasteiger partial charge in [-0.2, -0.15) is 0 Å². The molecule has 3 N–H and O–H groups in total. The Bertz CT molecular complexity index is 798. The Morgan fingerprint density at radius 2 is 1.79 bits per heavy atom. The lowest BCUT2D eigenvalue weighted by Crippen LogP contribution is -2.17. The molecule has 2 aromatic heterocycles. The molecule has 29 heavy (non-hydrogen) atoms. The number of nitrogens with zero attached hydrogens (tertiary/aromatic N) is 2. The summed E-state index contributed by atoms with van der Waals surface area (Å²) in [7, 11) is 0. The van der Waals surface area contributed by atoms with Gasteiger partial charge in [0.2, 0.25) is 17.7 Å². The molecule has 2 rings (SSSR count). The van der Waals surface area contributed by atoms with Gasteiger partial charge in [0.25, 0.3) is 0 Å². The third-order valence-corrected chi connectivity index (χ3v) is 6.14. The van der Waals surface area contributed by atoms with Crippen molar-refractivity contribution in [2.75, 3.05) is 5.32 Å². The van der Waals surface area contributed by atoms with E-state index >= 15 is 0 Å². The number of amides is 2. The van der Waals surface area contributed by atoms with E-state index in [2.05, 4.69) is 36.1 Å². The number of carbonyl (C=O) groups is 2. The average Bonchev–Trinajstić information content (AvgIpc) is 3.31. The fourth-order valence-electron chi connectivity index (χ4n) is 2.40. The normalized spacial score (nSPS) is 11.4. The van der Waals surface area contributed by atoms with E-state index in [0.717, 1.165) is 29.2 Å². The van der Waals surface area contributed by atoms with Crippen LogP contribution >= 0.6 is 23.1 Å². The summed E-state index contributed by atoms with van der Waals surface area (Å²) in [4.78, 5) is 31.5. The lowest BCUT2D eigenvalue weighted by Gasteiger charge is -2.12. The van der Waals surface area contributed by atoms with Gasteiger partial charge in [-0.3, -0.25) is 14.8 Å². The highest BCUT2D eigenvalue weighted by Crippen LogP contribution is 2.31. The van der Waals surface area contributed by atoms with E-state index in [1.165, 1.54) is 11.3 Å². The van der Waals surface area contributed by atoms with Crippen molar-refractivity contribution >= 4 is 40.0 Å². The average molecular weight is 441 g/mol.